The molecule has 1 heterocycles. The molecule has 2 aromatic rings. The van der Waals surface area contributed by atoms with Crippen molar-refractivity contribution < 1.29 is 24.3 Å². The number of carboxylic acid groups (broad SMARTS) is 1. The first-order valence-corrected chi connectivity index (χ1v) is 13.5. The molecule has 1 atom stereocenters. The lowest BCUT2D eigenvalue weighted by atomic mass is 9.92. The first-order valence-electron chi connectivity index (χ1n) is 12.7. The fraction of sp³-hybridized carbons (Fsp3) is 0.379. The van der Waals surface area contributed by atoms with Crippen molar-refractivity contribution in [2.75, 3.05) is 26.7 Å². The van der Waals surface area contributed by atoms with Crippen molar-refractivity contribution in [1.29, 1.82) is 0 Å². The highest BCUT2D eigenvalue weighted by Gasteiger charge is 2.32. The number of carbonyl (C=O) groups excluding carboxylic acids is 3. The van der Waals surface area contributed by atoms with Gasteiger partial charge in [-0.15, -0.1) is 0 Å². The Hall–Kier alpha value is -3.54. The Bertz CT molecular complexity index is 1350. The highest BCUT2D eigenvalue weighted by molar-refractivity contribution is 6.41. The molecular weight excluding hydrogens is 541 g/mol. The summed E-state index contributed by atoms with van der Waals surface area (Å²) in [6.07, 6.45) is 2.21. The van der Waals surface area contributed by atoms with Gasteiger partial charge in [0.05, 0.1) is 28.1 Å². The third-order valence-corrected chi connectivity index (χ3v) is 7.51. The summed E-state index contributed by atoms with van der Waals surface area (Å²) in [5, 5.41) is 12.4. The lowest BCUT2D eigenvalue weighted by molar-refractivity contribution is -0.141. The van der Waals surface area contributed by atoms with E-state index in [4.69, 9.17) is 23.2 Å². The predicted octanol–water partition coefficient (Wildman–Crippen LogP) is 4.52. The average molecular weight is 570 g/mol. The number of Topliss-reactive ketones (excluding diaryl/α,β-unsaturated/α-hetero) is 1. The normalized spacial score (nSPS) is 15.1. The number of nitrogens with zero attached hydrogens (tertiary/aromatic N) is 2. The maximum Gasteiger partial charge on any atom is 0.317 e. The van der Waals surface area contributed by atoms with E-state index in [2.05, 4.69) is 17.2 Å². The Morgan fingerprint density at radius 3 is 2.59 bits per heavy atom. The van der Waals surface area contributed by atoms with Crippen molar-refractivity contribution >= 4 is 46.9 Å². The molecular formula is C29H29Cl2N3O5. The zero-order chi connectivity index (χ0) is 28.1. The summed E-state index contributed by atoms with van der Waals surface area (Å²) < 4.78 is 0. The summed E-state index contributed by atoms with van der Waals surface area (Å²) >= 11 is 13.0. The molecule has 4 rings (SSSR count). The molecule has 2 aromatic carbocycles. The number of rotatable bonds is 9. The molecule has 0 spiro atoms. The Kier molecular flexibility index (Phi) is 9.16. The van der Waals surface area contributed by atoms with Crippen LogP contribution >= 0.6 is 23.2 Å². The Labute approximate surface area is 237 Å². The van der Waals surface area contributed by atoms with E-state index in [0.29, 0.717) is 43.1 Å². The topological polar surface area (TPSA) is 107 Å². The van der Waals surface area contributed by atoms with E-state index in [-0.39, 0.29) is 28.1 Å². The third kappa shape index (κ3) is 7.11. The van der Waals surface area contributed by atoms with Crippen LogP contribution in [0, 0.1) is 23.7 Å². The van der Waals surface area contributed by atoms with Gasteiger partial charge in [0.15, 0.2) is 5.78 Å². The largest absolute Gasteiger partial charge is 0.481 e. The van der Waals surface area contributed by atoms with Gasteiger partial charge >= 0.3 is 12.0 Å². The molecule has 1 unspecified atom stereocenters. The Morgan fingerprint density at radius 1 is 1.21 bits per heavy atom. The molecule has 1 fully saturated rings. The summed E-state index contributed by atoms with van der Waals surface area (Å²) in [7, 11) is 1.60. The fourth-order valence-corrected chi connectivity index (χ4v) is 5.14. The van der Waals surface area contributed by atoms with E-state index < -0.39 is 30.1 Å². The summed E-state index contributed by atoms with van der Waals surface area (Å²) in [5.41, 5.74) is 1.75. The third-order valence-electron chi connectivity index (χ3n) is 6.79. The molecule has 1 saturated carbocycles. The summed E-state index contributed by atoms with van der Waals surface area (Å²) in [5.74, 6) is 3.37. The van der Waals surface area contributed by atoms with Crippen LogP contribution in [-0.4, -0.2) is 65.3 Å². The number of carbonyl (C=O) groups is 4. The lowest BCUT2D eigenvalue weighted by Crippen LogP contribution is -2.41. The van der Waals surface area contributed by atoms with Crippen molar-refractivity contribution in [1.82, 2.24) is 15.1 Å². The van der Waals surface area contributed by atoms with Crippen molar-refractivity contribution in [2.45, 2.75) is 32.2 Å². The van der Waals surface area contributed by atoms with Gasteiger partial charge in [-0.2, -0.15) is 0 Å². The number of ketones is 1. The molecule has 0 aromatic heterocycles. The molecule has 0 saturated heterocycles. The van der Waals surface area contributed by atoms with Gasteiger partial charge in [0.2, 0.25) is 0 Å². The molecule has 8 nitrogen and oxygen atoms in total. The van der Waals surface area contributed by atoms with E-state index in [0.717, 1.165) is 18.4 Å². The zero-order valence-electron chi connectivity index (χ0n) is 21.5. The average Bonchev–Trinajstić information content (AvgIpc) is 3.73. The van der Waals surface area contributed by atoms with Crippen LogP contribution in [0.1, 0.15) is 51.1 Å². The smallest absolute Gasteiger partial charge is 0.317 e. The maximum atomic E-state index is 13.2. The van der Waals surface area contributed by atoms with Crippen LogP contribution in [0.15, 0.2) is 36.4 Å². The zero-order valence-corrected chi connectivity index (χ0v) is 23.0. The van der Waals surface area contributed by atoms with Gasteiger partial charge in [0, 0.05) is 44.6 Å². The molecule has 2 aliphatic rings. The van der Waals surface area contributed by atoms with Gasteiger partial charge in [-0.1, -0.05) is 65.4 Å². The second-order valence-electron chi connectivity index (χ2n) is 9.84. The lowest BCUT2D eigenvalue weighted by Gasteiger charge is -2.28. The number of fused-ring (bicyclic) bond motifs is 1. The van der Waals surface area contributed by atoms with Gasteiger partial charge in [-0.25, -0.2) is 4.79 Å². The molecule has 0 radical (unpaired) electrons. The van der Waals surface area contributed by atoms with E-state index in [1.807, 2.05) is 30.3 Å². The van der Waals surface area contributed by atoms with Crippen LogP contribution in [0.2, 0.25) is 10.0 Å². The second-order valence-corrected chi connectivity index (χ2v) is 10.6. The summed E-state index contributed by atoms with van der Waals surface area (Å²) in [6, 6.07) is 10.3. The van der Waals surface area contributed by atoms with Gasteiger partial charge in [-0.3, -0.25) is 14.4 Å². The van der Waals surface area contributed by atoms with E-state index in [1.165, 1.54) is 11.0 Å². The van der Waals surface area contributed by atoms with Crippen LogP contribution in [0.5, 0.6) is 0 Å². The number of hydrogen-bond donors (Lipinski definition) is 2. The van der Waals surface area contributed by atoms with Crippen LogP contribution in [0.3, 0.4) is 0 Å². The van der Waals surface area contributed by atoms with Gasteiger partial charge in [-0.05, 0) is 36.5 Å². The van der Waals surface area contributed by atoms with Gasteiger partial charge < -0.3 is 20.2 Å². The highest BCUT2D eigenvalue weighted by Crippen LogP contribution is 2.36. The minimum absolute atomic E-state index is 0.00868. The van der Waals surface area contributed by atoms with Crippen molar-refractivity contribution in [3.8, 4) is 11.8 Å². The molecule has 204 valence electrons. The minimum Gasteiger partial charge on any atom is -0.481 e. The number of hydrogen-bond acceptors (Lipinski definition) is 4. The number of nitrogens with one attached hydrogen (secondary N) is 1. The monoisotopic (exact) mass is 569 g/mol. The predicted molar refractivity (Wildman–Crippen MR) is 148 cm³/mol. The molecule has 1 aliphatic heterocycles. The van der Waals surface area contributed by atoms with Crippen LogP contribution in [0.4, 0.5) is 4.79 Å². The SMILES string of the molecule is CN(Cc1ccccc1)C(=O)NCC(CC(=O)c1c(Cl)cc2c(c1Cl)CCN(CC#CC1CC1)C2=O)C(=O)O. The summed E-state index contributed by atoms with van der Waals surface area (Å²) in [6.45, 7) is 0.805. The highest BCUT2D eigenvalue weighted by atomic mass is 35.5. The number of benzene rings is 2. The van der Waals surface area contributed by atoms with Crippen molar-refractivity contribution in [2.24, 2.45) is 11.8 Å². The van der Waals surface area contributed by atoms with E-state index in [9.17, 15) is 24.3 Å². The first-order chi connectivity index (χ1) is 18.7. The number of halogens is 2. The molecule has 10 heteroatoms. The van der Waals surface area contributed by atoms with Crippen molar-refractivity contribution in [3.05, 3.63) is 68.7 Å². The molecule has 0 bridgehead atoms. The maximum absolute atomic E-state index is 13.2. The van der Waals surface area contributed by atoms with Crippen molar-refractivity contribution in [3.63, 3.8) is 0 Å². The first kappa shape index (κ1) is 28.5. The number of urea groups is 1. The number of carboxylic acids is 1. The molecule has 1 aliphatic carbocycles. The standard InChI is InChI=1S/C29H29Cl2N3O5/c1-33(17-19-6-3-2-4-7-19)29(39)32-16-20(28(37)38)14-24(35)25-23(30)15-22-21(26(25)31)11-13-34(27(22)36)12-5-8-18-9-10-18/h2-4,6-7,15,18,20H,9-14,16-17H2,1H3,(H,32,39)(H,37,38). The van der Waals surface area contributed by atoms with E-state index >= 15 is 0 Å². The van der Waals surface area contributed by atoms with Crippen LogP contribution < -0.4 is 5.32 Å². The van der Waals surface area contributed by atoms with Crippen LogP contribution in [-0.2, 0) is 17.8 Å². The Morgan fingerprint density at radius 2 is 1.92 bits per heavy atom. The molecule has 3 amide bonds. The fourth-order valence-electron chi connectivity index (χ4n) is 4.38. The molecule has 2 N–H and O–H groups in total. The van der Waals surface area contributed by atoms with Crippen LogP contribution in [0.25, 0.3) is 0 Å². The van der Waals surface area contributed by atoms with E-state index in [1.54, 1.807) is 11.9 Å². The van der Waals surface area contributed by atoms with Gasteiger partial charge in [0.25, 0.3) is 5.91 Å². The minimum atomic E-state index is -1.24. The quantitative estimate of drug-likeness (QED) is 0.341. The summed E-state index contributed by atoms with van der Waals surface area (Å²) in [4.78, 5) is 53.7. The van der Waals surface area contributed by atoms with Gasteiger partial charge in [0.1, 0.15) is 0 Å². The Balaban J connectivity index is 1.41. The number of aliphatic carboxylic acids is 1. The number of amides is 3. The second kappa shape index (κ2) is 12.5. The molecule has 39 heavy (non-hydrogen) atoms.